The summed E-state index contributed by atoms with van der Waals surface area (Å²) >= 11 is 0. The molecule has 0 amide bonds. The summed E-state index contributed by atoms with van der Waals surface area (Å²) in [7, 11) is 0. The highest BCUT2D eigenvalue weighted by molar-refractivity contribution is 5.93. The maximum absolute atomic E-state index is 9.43. The van der Waals surface area contributed by atoms with Crippen molar-refractivity contribution < 1.29 is 0 Å². The summed E-state index contributed by atoms with van der Waals surface area (Å²) in [4.78, 5) is 13.0. The first-order valence-electron chi connectivity index (χ1n) is 7.79. The normalized spacial score (nSPS) is 14.6. The van der Waals surface area contributed by atoms with Crippen LogP contribution in [0.1, 0.15) is 5.69 Å². The van der Waals surface area contributed by atoms with Crippen LogP contribution in [0.3, 0.4) is 0 Å². The maximum atomic E-state index is 9.43. The van der Waals surface area contributed by atoms with Crippen LogP contribution in [0.25, 0.3) is 10.9 Å². The first-order valence-corrected chi connectivity index (χ1v) is 7.79. The first-order chi connectivity index (χ1) is 11.9. The predicted octanol–water partition coefficient (Wildman–Crippen LogP) is 1.62. The van der Waals surface area contributed by atoms with Crippen molar-refractivity contribution in [2.75, 3.05) is 36.0 Å². The smallest absolute Gasteiger partial charge is 0.225 e. The average molecular weight is 317 g/mol. The second-order valence-electron chi connectivity index (χ2n) is 5.55. The number of nitriles is 1. The van der Waals surface area contributed by atoms with Crippen LogP contribution in [0.5, 0.6) is 0 Å². The molecular formula is C17H15N7. The van der Waals surface area contributed by atoms with Gasteiger partial charge in [-0.05, 0) is 12.1 Å². The van der Waals surface area contributed by atoms with Crippen LogP contribution >= 0.6 is 0 Å². The molecule has 3 aromatic rings. The number of anilines is 2. The highest BCUT2D eigenvalue weighted by Gasteiger charge is 2.23. The molecule has 2 aromatic heterocycles. The minimum Gasteiger partial charge on any atom is -0.365 e. The molecule has 0 bridgehead atoms. The van der Waals surface area contributed by atoms with Gasteiger partial charge < -0.3 is 9.80 Å². The van der Waals surface area contributed by atoms with Crippen molar-refractivity contribution in [3.63, 3.8) is 0 Å². The number of aromatic nitrogens is 4. The molecule has 0 aliphatic carbocycles. The van der Waals surface area contributed by atoms with E-state index in [-0.39, 0.29) is 0 Å². The van der Waals surface area contributed by atoms with Crippen LogP contribution < -0.4 is 9.80 Å². The van der Waals surface area contributed by atoms with Gasteiger partial charge in [0.15, 0.2) is 5.69 Å². The lowest BCUT2D eigenvalue weighted by Gasteiger charge is -2.36. The van der Waals surface area contributed by atoms with Crippen LogP contribution in [0.4, 0.5) is 11.6 Å². The summed E-state index contributed by atoms with van der Waals surface area (Å²) in [5, 5.41) is 18.6. The van der Waals surface area contributed by atoms with Gasteiger partial charge in [-0.25, -0.2) is 9.97 Å². The third-order valence-electron chi connectivity index (χ3n) is 4.18. The zero-order valence-electron chi connectivity index (χ0n) is 13.0. The molecule has 1 fully saturated rings. The third kappa shape index (κ3) is 2.48. The summed E-state index contributed by atoms with van der Waals surface area (Å²) in [5.74, 6) is 0.746. The molecule has 4 rings (SSSR count). The highest BCUT2D eigenvalue weighted by atomic mass is 15.3. The van der Waals surface area contributed by atoms with Crippen LogP contribution in [0.15, 0.2) is 42.7 Å². The lowest BCUT2D eigenvalue weighted by Crippen LogP contribution is -2.47. The molecule has 7 heteroatoms. The van der Waals surface area contributed by atoms with Crippen LogP contribution in [0.2, 0.25) is 0 Å². The zero-order chi connectivity index (χ0) is 16.4. The van der Waals surface area contributed by atoms with Crippen molar-refractivity contribution in [3.05, 3.63) is 48.4 Å². The number of hydrogen-bond donors (Lipinski definition) is 0. The topological polar surface area (TPSA) is 81.8 Å². The lowest BCUT2D eigenvalue weighted by atomic mass is 10.1. The van der Waals surface area contributed by atoms with Crippen molar-refractivity contribution in [1.29, 1.82) is 5.26 Å². The quantitative estimate of drug-likeness (QED) is 0.710. The maximum Gasteiger partial charge on any atom is 0.225 e. The van der Waals surface area contributed by atoms with Crippen LogP contribution in [-0.2, 0) is 0 Å². The molecular weight excluding hydrogens is 302 g/mol. The fourth-order valence-electron chi connectivity index (χ4n) is 3.02. The molecule has 118 valence electrons. The molecule has 0 radical (unpaired) electrons. The Bertz CT molecular complexity index is 896. The van der Waals surface area contributed by atoms with Crippen molar-refractivity contribution in [3.8, 4) is 6.07 Å². The van der Waals surface area contributed by atoms with Gasteiger partial charge in [-0.1, -0.05) is 18.2 Å². The zero-order valence-corrected chi connectivity index (χ0v) is 13.0. The Morgan fingerprint density at radius 2 is 1.58 bits per heavy atom. The van der Waals surface area contributed by atoms with Crippen molar-refractivity contribution in [2.45, 2.75) is 0 Å². The fourth-order valence-corrected chi connectivity index (χ4v) is 3.02. The number of rotatable bonds is 2. The van der Waals surface area contributed by atoms with E-state index in [1.54, 1.807) is 12.4 Å². The number of fused-ring (bicyclic) bond motifs is 1. The number of benzene rings is 1. The summed E-state index contributed by atoms with van der Waals surface area (Å²) in [6, 6.07) is 11.8. The van der Waals surface area contributed by atoms with Gasteiger partial charge in [0.25, 0.3) is 0 Å². The number of piperazine rings is 1. The summed E-state index contributed by atoms with van der Waals surface area (Å²) in [6.45, 7) is 3.16. The minimum absolute atomic E-state index is 0.373. The SMILES string of the molecule is N#Cc1nnc2ccccc2c1N1CCN(c2ncccn2)CC1. The van der Waals surface area contributed by atoms with E-state index in [0.29, 0.717) is 5.69 Å². The molecule has 24 heavy (non-hydrogen) atoms. The Balaban J connectivity index is 1.64. The van der Waals surface area contributed by atoms with E-state index >= 15 is 0 Å². The molecule has 0 spiro atoms. The van der Waals surface area contributed by atoms with Gasteiger partial charge in [0.1, 0.15) is 6.07 Å². The molecule has 0 saturated carbocycles. The summed E-state index contributed by atoms with van der Waals surface area (Å²) in [6.07, 6.45) is 3.51. The van der Waals surface area contributed by atoms with E-state index in [9.17, 15) is 5.26 Å². The Morgan fingerprint density at radius 1 is 0.875 bits per heavy atom. The van der Waals surface area contributed by atoms with E-state index in [1.807, 2.05) is 30.3 Å². The molecule has 7 nitrogen and oxygen atoms in total. The van der Waals surface area contributed by atoms with E-state index in [4.69, 9.17) is 0 Å². The van der Waals surface area contributed by atoms with E-state index in [1.165, 1.54) is 0 Å². The molecule has 1 aliphatic rings. The molecule has 3 heterocycles. The molecule has 1 aliphatic heterocycles. The third-order valence-corrected chi connectivity index (χ3v) is 4.18. The largest absolute Gasteiger partial charge is 0.365 e. The van der Waals surface area contributed by atoms with E-state index in [2.05, 4.69) is 36.0 Å². The van der Waals surface area contributed by atoms with Crippen molar-refractivity contribution in [1.82, 2.24) is 20.2 Å². The van der Waals surface area contributed by atoms with Crippen molar-refractivity contribution in [2.24, 2.45) is 0 Å². The monoisotopic (exact) mass is 317 g/mol. The van der Waals surface area contributed by atoms with Crippen LogP contribution in [-0.4, -0.2) is 46.3 Å². The van der Waals surface area contributed by atoms with Gasteiger partial charge in [0, 0.05) is 44.0 Å². The second kappa shape index (κ2) is 6.08. The standard InChI is InChI=1S/C17H15N7/c18-12-15-16(13-4-1-2-5-14(13)21-22-15)23-8-10-24(11-9-23)17-19-6-3-7-20-17/h1-7H,8-11H2. The van der Waals surface area contributed by atoms with Gasteiger partial charge in [-0.2, -0.15) is 5.26 Å². The number of nitrogens with zero attached hydrogens (tertiary/aromatic N) is 7. The minimum atomic E-state index is 0.373. The van der Waals surface area contributed by atoms with E-state index in [0.717, 1.165) is 48.7 Å². The van der Waals surface area contributed by atoms with Gasteiger partial charge >= 0.3 is 0 Å². The summed E-state index contributed by atoms with van der Waals surface area (Å²) < 4.78 is 0. The van der Waals surface area contributed by atoms with E-state index < -0.39 is 0 Å². The lowest BCUT2D eigenvalue weighted by molar-refractivity contribution is 0.639. The van der Waals surface area contributed by atoms with Gasteiger partial charge in [0.05, 0.1) is 11.2 Å². The number of hydrogen-bond acceptors (Lipinski definition) is 7. The second-order valence-corrected chi connectivity index (χ2v) is 5.55. The Hall–Kier alpha value is -3.27. The van der Waals surface area contributed by atoms with Crippen LogP contribution in [0, 0.1) is 11.3 Å². The average Bonchev–Trinajstić information content (AvgIpc) is 2.68. The highest BCUT2D eigenvalue weighted by Crippen LogP contribution is 2.29. The molecule has 1 saturated heterocycles. The molecule has 0 unspecified atom stereocenters. The predicted molar refractivity (Wildman–Crippen MR) is 90.7 cm³/mol. The fraction of sp³-hybridized carbons (Fsp3) is 0.235. The Labute approximate surface area is 139 Å². The molecule has 0 atom stereocenters. The Kier molecular flexibility index (Phi) is 3.63. The first kappa shape index (κ1) is 14.3. The van der Waals surface area contributed by atoms with Gasteiger partial charge in [0.2, 0.25) is 5.95 Å². The molecule has 0 N–H and O–H groups in total. The van der Waals surface area contributed by atoms with Crippen molar-refractivity contribution >= 4 is 22.5 Å². The summed E-state index contributed by atoms with van der Waals surface area (Å²) in [5.41, 5.74) is 2.05. The molecule has 1 aromatic carbocycles. The van der Waals surface area contributed by atoms with Gasteiger partial charge in [-0.15, -0.1) is 10.2 Å². The van der Waals surface area contributed by atoms with Gasteiger partial charge in [-0.3, -0.25) is 0 Å². The Morgan fingerprint density at radius 3 is 2.33 bits per heavy atom.